The molecule has 0 aliphatic heterocycles. The molecule has 1 heterocycles. The largest absolute Gasteiger partial charge is 0.325 e. The first-order chi connectivity index (χ1) is 13.0. The average molecular weight is 371 g/mol. The second-order valence-electron chi connectivity index (χ2n) is 6.01. The van der Waals surface area contributed by atoms with Crippen LogP contribution in [0.15, 0.2) is 60.7 Å². The summed E-state index contributed by atoms with van der Waals surface area (Å²) in [5.41, 5.74) is 2.28. The van der Waals surface area contributed by atoms with Crippen LogP contribution < -0.4 is 5.32 Å². The molecule has 0 unspecified atom stereocenters. The molecule has 1 aromatic heterocycles. The molecule has 0 spiro atoms. The van der Waals surface area contributed by atoms with Crippen molar-refractivity contribution in [2.24, 2.45) is 0 Å². The van der Waals surface area contributed by atoms with Crippen LogP contribution in [0.2, 0.25) is 0 Å². The van der Waals surface area contributed by atoms with Crippen LogP contribution in [0, 0.1) is 23.3 Å². The first-order valence-electron chi connectivity index (χ1n) is 8.12. The van der Waals surface area contributed by atoms with E-state index in [0.717, 1.165) is 29.8 Å². The Balaban J connectivity index is 1.76. The third-order valence-electron chi connectivity index (χ3n) is 4.15. The van der Waals surface area contributed by atoms with E-state index in [-0.39, 0.29) is 6.54 Å². The minimum absolute atomic E-state index is 0.212. The van der Waals surface area contributed by atoms with Crippen molar-refractivity contribution in [1.29, 1.82) is 0 Å². The van der Waals surface area contributed by atoms with Gasteiger partial charge < -0.3 is 9.88 Å². The van der Waals surface area contributed by atoms with Crippen LogP contribution in [0.1, 0.15) is 5.56 Å². The topological polar surface area (TPSA) is 29.9 Å². The van der Waals surface area contributed by atoms with Crippen LogP contribution in [-0.2, 0) is 6.54 Å². The molecule has 0 saturated carbocycles. The summed E-state index contributed by atoms with van der Waals surface area (Å²) in [6.07, 6.45) is 0. The number of hydrogen-bond acceptors (Lipinski definition) is 2. The molecule has 0 saturated heterocycles. The normalized spacial score (nSPS) is 11.1. The zero-order chi connectivity index (χ0) is 19.0. The van der Waals surface area contributed by atoms with Crippen molar-refractivity contribution in [3.8, 4) is 0 Å². The lowest BCUT2D eigenvalue weighted by atomic mass is 10.2. The summed E-state index contributed by atoms with van der Waals surface area (Å²) in [4.78, 5) is 4.46. The van der Waals surface area contributed by atoms with Gasteiger partial charge >= 0.3 is 0 Å². The number of fused-ring (bicyclic) bond motifs is 1. The molecule has 136 valence electrons. The minimum atomic E-state index is -0.983. The van der Waals surface area contributed by atoms with E-state index >= 15 is 0 Å². The van der Waals surface area contributed by atoms with Gasteiger partial charge in [0, 0.05) is 11.8 Å². The Bertz CT molecular complexity index is 1140. The fraction of sp³-hybridized carbons (Fsp3) is 0.0500. The summed E-state index contributed by atoms with van der Waals surface area (Å²) >= 11 is 0. The molecule has 4 aromatic rings. The maximum atomic E-state index is 13.6. The van der Waals surface area contributed by atoms with Crippen molar-refractivity contribution in [3.05, 3.63) is 89.5 Å². The number of aromatic nitrogens is 2. The second-order valence-corrected chi connectivity index (χ2v) is 6.01. The van der Waals surface area contributed by atoms with Crippen molar-refractivity contribution in [2.45, 2.75) is 6.54 Å². The van der Waals surface area contributed by atoms with Gasteiger partial charge in [0.25, 0.3) is 0 Å². The van der Waals surface area contributed by atoms with Gasteiger partial charge in [-0.3, -0.25) is 0 Å². The highest BCUT2D eigenvalue weighted by molar-refractivity contribution is 5.79. The van der Waals surface area contributed by atoms with Gasteiger partial charge in [0.05, 0.1) is 17.6 Å². The predicted octanol–water partition coefficient (Wildman–Crippen LogP) is 5.38. The SMILES string of the molecule is Fc1ccc(Cn2c(Nc3ccc(F)c(F)c3)nc3ccccc32)cc1F. The smallest absolute Gasteiger partial charge is 0.208 e. The quantitative estimate of drug-likeness (QED) is 0.488. The van der Waals surface area contributed by atoms with Crippen molar-refractivity contribution in [2.75, 3.05) is 5.32 Å². The highest BCUT2D eigenvalue weighted by Gasteiger charge is 2.13. The number of benzene rings is 3. The Morgan fingerprint density at radius 3 is 2.22 bits per heavy atom. The van der Waals surface area contributed by atoms with Gasteiger partial charge in [-0.05, 0) is 42.0 Å². The maximum absolute atomic E-state index is 13.6. The lowest BCUT2D eigenvalue weighted by Crippen LogP contribution is -2.06. The maximum Gasteiger partial charge on any atom is 0.208 e. The highest BCUT2D eigenvalue weighted by Crippen LogP contribution is 2.25. The average Bonchev–Trinajstić information content (AvgIpc) is 2.99. The van der Waals surface area contributed by atoms with Crippen LogP contribution in [0.3, 0.4) is 0 Å². The van der Waals surface area contributed by atoms with E-state index in [1.807, 2.05) is 18.2 Å². The molecule has 3 aromatic carbocycles. The van der Waals surface area contributed by atoms with Crippen LogP contribution in [0.4, 0.5) is 29.2 Å². The number of rotatable bonds is 4. The fourth-order valence-corrected chi connectivity index (χ4v) is 2.85. The van der Waals surface area contributed by atoms with E-state index < -0.39 is 23.3 Å². The molecule has 3 nitrogen and oxygen atoms in total. The molecular formula is C20H13F4N3. The zero-order valence-corrected chi connectivity index (χ0v) is 13.9. The molecule has 27 heavy (non-hydrogen) atoms. The van der Waals surface area contributed by atoms with Gasteiger partial charge in [0.15, 0.2) is 23.3 Å². The van der Waals surface area contributed by atoms with Crippen molar-refractivity contribution in [1.82, 2.24) is 9.55 Å². The number of halogens is 4. The third-order valence-corrected chi connectivity index (χ3v) is 4.15. The van der Waals surface area contributed by atoms with Crippen LogP contribution >= 0.6 is 0 Å². The lowest BCUT2D eigenvalue weighted by Gasteiger charge is -2.11. The first-order valence-corrected chi connectivity index (χ1v) is 8.12. The zero-order valence-electron chi connectivity index (χ0n) is 13.9. The fourth-order valence-electron chi connectivity index (χ4n) is 2.85. The van der Waals surface area contributed by atoms with Gasteiger partial charge in [-0.2, -0.15) is 0 Å². The highest BCUT2D eigenvalue weighted by atomic mass is 19.2. The van der Waals surface area contributed by atoms with Crippen molar-refractivity contribution < 1.29 is 17.6 Å². The number of nitrogens with zero attached hydrogens (tertiary/aromatic N) is 2. The van der Waals surface area contributed by atoms with Crippen LogP contribution in [0.25, 0.3) is 11.0 Å². The predicted molar refractivity (Wildman–Crippen MR) is 94.8 cm³/mol. The Hall–Kier alpha value is -3.35. The number of imidazole rings is 1. The van der Waals surface area contributed by atoms with E-state index in [0.29, 0.717) is 22.7 Å². The van der Waals surface area contributed by atoms with Gasteiger partial charge in [-0.15, -0.1) is 0 Å². The van der Waals surface area contributed by atoms with Gasteiger partial charge in [-0.25, -0.2) is 22.5 Å². The monoisotopic (exact) mass is 371 g/mol. The van der Waals surface area contributed by atoms with E-state index in [2.05, 4.69) is 10.3 Å². The summed E-state index contributed by atoms with van der Waals surface area (Å²) in [5.74, 6) is -3.42. The lowest BCUT2D eigenvalue weighted by molar-refractivity contribution is 0.506. The summed E-state index contributed by atoms with van der Waals surface area (Å²) in [6, 6.07) is 14.4. The second kappa shape index (κ2) is 6.75. The van der Waals surface area contributed by atoms with E-state index in [9.17, 15) is 17.6 Å². The summed E-state index contributed by atoms with van der Waals surface area (Å²) < 4.78 is 55.2. The van der Waals surface area contributed by atoms with Gasteiger partial charge in [0.2, 0.25) is 5.95 Å². The van der Waals surface area contributed by atoms with Gasteiger partial charge in [-0.1, -0.05) is 18.2 Å². The minimum Gasteiger partial charge on any atom is -0.325 e. The van der Waals surface area contributed by atoms with Crippen LogP contribution in [0.5, 0.6) is 0 Å². The first kappa shape index (κ1) is 17.1. The summed E-state index contributed by atoms with van der Waals surface area (Å²) in [6.45, 7) is 0.212. The van der Waals surface area contributed by atoms with Crippen LogP contribution in [-0.4, -0.2) is 9.55 Å². The molecule has 1 N–H and O–H groups in total. The van der Waals surface area contributed by atoms with Gasteiger partial charge in [0.1, 0.15) is 0 Å². The van der Waals surface area contributed by atoms with E-state index in [1.54, 1.807) is 10.6 Å². The number of nitrogens with one attached hydrogen (secondary N) is 1. The molecule has 7 heteroatoms. The Kier molecular flexibility index (Phi) is 4.27. The summed E-state index contributed by atoms with van der Waals surface area (Å²) in [7, 11) is 0. The third kappa shape index (κ3) is 3.36. The molecule has 0 radical (unpaired) electrons. The van der Waals surface area contributed by atoms with E-state index in [4.69, 9.17) is 0 Å². The molecular weight excluding hydrogens is 358 g/mol. The van der Waals surface area contributed by atoms with E-state index in [1.165, 1.54) is 12.1 Å². The van der Waals surface area contributed by atoms with Crippen molar-refractivity contribution >= 4 is 22.7 Å². The van der Waals surface area contributed by atoms with Crippen molar-refractivity contribution in [3.63, 3.8) is 0 Å². The number of hydrogen-bond donors (Lipinski definition) is 1. The molecule has 0 amide bonds. The molecule has 0 atom stereocenters. The standard InChI is InChI=1S/C20H13F4N3/c21-14-7-5-12(9-16(14)23)11-27-19-4-2-1-3-18(19)26-20(27)25-13-6-8-15(22)17(24)10-13/h1-10H,11H2,(H,25,26). The Morgan fingerprint density at radius 1 is 0.778 bits per heavy atom. The Labute approximate surface area is 151 Å². The molecule has 0 bridgehead atoms. The molecule has 4 rings (SSSR count). The number of anilines is 2. The molecule has 0 aliphatic carbocycles. The molecule has 0 fully saturated rings. The molecule has 0 aliphatic rings. The number of para-hydroxylation sites is 2. The summed E-state index contributed by atoms with van der Waals surface area (Å²) in [5, 5.41) is 2.95. The Morgan fingerprint density at radius 2 is 1.48 bits per heavy atom.